The molecule has 0 fully saturated rings. The molecule has 4 aromatic rings. The summed E-state index contributed by atoms with van der Waals surface area (Å²) in [5.74, 6) is 0. The first-order chi connectivity index (χ1) is 14.9. The average molecular weight is 407 g/mol. The Kier molecular flexibility index (Phi) is 4.66. The molecule has 0 amide bonds. The van der Waals surface area contributed by atoms with Crippen LogP contribution in [0.3, 0.4) is 0 Å². The van der Waals surface area contributed by atoms with E-state index in [1.54, 1.807) is 0 Å². The second-order valence-electron chi connectivity index (χ2n) is 8.75. The summed E-state index contributed by atoms with van der Waals surface area (Å²) in [6.45, 7) is 8.27. The van der Waals surface area contributed by atoms with Gasteiger partial charge in [0.15, 0.2) is 0 Å². The highest BCUT2D eigenvalue weighted by Gasteiger charge is 2.45. The fourth-order valence-electron chi connectivity index (χ4n) is 5.29. The Bertz CT molecular complexity index is 1150. The molecule has 0 unspecified atom stereocenters. The monoisotopic (exact) mass is 406 g/mol. The first kappa shape index (κ1) is 19.6. The zero-order valence-electron chi connectivity index (χ0n) is 18.5. The highest BCUT2D eigenvalue weighted by Crippen LogP contribution is 2.50. The number of rotatable bonds is 4. The molecule has 4 aromatic heterocycles. The summed E-state index contributed by atoms with van der Waals surface area (Å²) in [4.78, 5) is 18.7. The molecule has 0 N–H and O–H groups in total. The van der Waals surface area contributed by atoms with Gasteiger partial charge in [0, 0.05) is 40.6 Å². The molecule has 5 rings (SSSR count). The van der Waals surface area contributed by atoms with Crippen LogP contribution in [0, 0.1) is 27.7 Å². The quantitative estimate of drug-likeness (QED) is 0.464. The van der Waals surface area contributed by atoms with Gasteiger partial charge in [-0.15, -0.1) is 0 Å². The van der Waals surface area contributed by atoms with E-state index in [4.69, 9.17) is 9.97 Å². The lowest BCUT2D eigenvalue weighted by Gasteiger charge is -2.32. The molecule has 1 aliphatic rings. The van der Waals surface area contributed by atoms with E-state index >= 15 is 0 Å². The SMILES string of the molecule is Cc1cc(CC2(Cc3cc(C)nc(C)c3)c3cccnc3-c3ncccc32)cc(C)n1. The summed E-state index contributed by atoms with van der Waals surface area (Å²) in [5.41, 5.74) is 11.1. The number of aromatic nitrogens is 4. The number of pyridine rings is 4. The van der Waals surface area contributed by atoms with Crippen LogP contribution >= 0.6 is 0 Å². The van der Waals surface area contributed by atoms with Gasteiger partial charge in [0.05, 0.1) is 11.4 Å². The van der Waals surface area contributed by atoms with Crippen molar-refractivity contribution in [1.29, 1.82) is 0 Å². The van der Waals surface area contributed by atoms with Crippen molar-refractivity contribution in [3.05, 3.63) is 106 Å². The van der Waals surface area contributed by atoms with Crippen molar-refractivity contribution < 1.29 is 0 Å². The lowest BCUT2D eigenvalue weighted by molar-refractivity contribution is 0.517. The minimum Gasteiger partial charge on any atom is -0.258 e. The highest BCUT2D eigenvalue weighted by atomic mass is 14.8. The molecule has 0 radical (unpaired) electrons. The molecule has 0 aliphatic heterocycles. The third-order valence-corrected chi connectivity index (χ3v) is 6.17. The van der Waals surface area contributed by atoms with Crippen LogP contribution in [0.2, 0.25) is 0 Å². The van der Waals surface area contributed by atoms with Crippen LogP contribution in [-0.4, -0.2) is 19.9 Å². The highest BCUT2D eigenvalue weighted by molar-refractivity contribution is 5.75. The standard InChI is InChI=1S/C27H26N4/c1-17-11-21(12-18(2)30-17)15-27(16-22-13-19(3)31-20(4)14-22)23-7-5-9-28-25(23)26-24(27)8-6-10-29-26/h5-14H,15-16H2,1-4H3. The number of hydrogen-bond acceptors (Lipinski definition) is 4. The van der Waals surface area contributed by atoms with E-state index in [2.05, 4.69) is 74.1 Å². The van der Waals surface area contributed by atoms with Gasteiger partial charge in [-0.3, -0.25) is 19.9 Å². The molecule has 0 atom stereocenters. The largest absolute Gasteiger partial charge is 0.258 e. The Labute approximate surface area is 183 Å². The first-order valence-corrected chi connectivity index (χ1v) is 10.7. The van der Waals surface area contributed by atoms with Gasteiger partial charge in [-0.25, -0.2) is 0 Å². The molecule has 1 aliphatic carbocycles. The summed E-state index contributed by atoms with van der Waals surface area (Å²) in [6.07, 6.45) is 5.48. The van der Waals surface area contributed by atoms with Gasteiger partial charge in [-0.05, 0) is 99.2 Å². The molecule has 4 nitrogen and oxygen atoms in total. The summed E-state index contributed by atoms with van der Waals surface area (Å²) < 4.78 is 0. The van der Waals surface area contributed by atoms with Crippen LogP contribution in [-0.2, 0) is 18.3 Å². The van der Waals surface area contributed by atoms with Crippen LogP contribution < -0.4 is 0 Å². The predicted octanol–water partition coefficient (Wildman–Crippen LogP) is 5.25. The van der Waals surface area contributed by atoms with Gasteiger partial charge in [0.25, 0.3) is 0 Å². The van der Waals surface area contributed by atoms with E-state index in [0.29, 0.717) is 0 Å². The van der Waals surface area contributed by atoms with Gasteiger partial charge in [-0.1, -0.05) is 12.1 Å². The number of aryl methyl sites for hydroxylation is 4. The number of nitrogens with zero attached hydrogens (tertiary/aromatic N) is 4. The van der Waals surface area contributed by atoms with Gasteiger partial charge >= 0.3 is 0 Å². The molecule has 4 heterocycles. The third kappa shape index (κ3) is 3.42. The van der Waals surface area contributed by atoms with Gasteiger partial charge in [0.1, 0.15) is 0 Å². The van der Waals surface area contributed by atoms with E-state index in [1.165, 1.54) is 22.3 Å². The zero-order chi connectivity index (χ0) is 21.6. The molecule has 31 heavy (non-hydrogen) atoms. The molecule has 0 bridgehead atoms. The second-order valence-corrected chi connectivity index (χ2v) is 8.75. The molecular weight excluding hydrogens is 380 g/mol. The minimum absolute atomic E-state index is 0.242. The zero-order valence-corrected chi connectivity index (χ0v) is 18.5. The number of hydrogen-bond donors (Lipinski definition) is 0. The lowest BCUT2D eigenvalue weighted by atomic mass is 9.70. The lowest BCUT2D eigenvalue weighted by Crippen LogP contribution is -2.31. The topological polar surface area (TPSA) is 51.6 Å². The second kappa shape index (κ2) is 7.38. The van der Waals surface area contributed by atoms with Crippen LogP contribution in [0.15, 0.2) is 60.9 Å². The fourth-order valence-corrected chi connectivity index (χ4v) is 5.29. The third-order valence-electron chi connectivity index (χ3n) is 6.17. The van der Waals surface area contributed by atoms with Crippen molar-refractivity contribution in [3.8, 4) is 11.4 Å². The molecule has 0 saturated carbocycles. The molecule has 0 spiro atoms. The van der Waals surface area contributed by atoms with Crippen LogP contribution in [0.25, 0.3) is 11.4 Å². The van der Waals surface area contributed by atoms with E-state index in [0.717, 1.165) is 47.0 Å². The van der Waals surface area contributed by atoms with Crippen molar-refractivity contribution in [3.63, 3.8) is 0 Å². The molecular formula is C27H26N4. The van der Waals surface area contributed by atoms with Crippen LogP contribution in [0.4, 0.5) is 0 Å². The maximum atomic E-state index is 4.76. The summed E-state index contributed by atoms with van der Waals surface area (Å²) in [5, 5.41) is 0. The van der Waals surface area contributed by atoms with Gasteiger partial charge < -0.3 is 0 Å². The summed E-state index contributed by atoms with van der Waals surface area (Å²) >= 11 is 0. The Balaban J connectivity index is 1.75. The van der Waals surface area contributed by atoms with Gasteiger partial charge in [0.2, 0.25) is 0 Å². The van der Waals surface area contributed by atoms with Gasteiger partial charge in [-0.2, -0.15) is 0 Å². The van der Waals surface area contributed by atoms with Crippen molar-refractivity contribution in [2.45, 2.75) is 46.0 Å². The summed E-state index contributed by atoms with van der Waals surface area (Å²) in [7, 11) is 0. The summed E-state index contributed by atoms with van der Waals surface area (Å²) in [6, 6.07) is 17.4. The molecule has 0 saturated heterocycles. The molecule has 154 valence electrons. The average Bonchev–Trinajstić information content (AvgIpc) is 2.97. The number of fused-ring (bicyclic) bond motifs is 3. The van der Waals surface area contributed by atoms with Crippen LogP contribution in [0.1, 0.15) is 45.0 Å². The van der Waals surface area contributed by atoms with Crippen molar-refractivity contribution in [2.75, 3.05) is 0 Å². The van der Waals surface area contributed by atoms with Crippen molar-refractivity contribution in [2.24, 2.45) is 0 Å². The Morgan fingerprint density at radius 1 is 0.613 bits per heavy atom. The Hall–Kier alpha value is -3.40. The molecule has 4 heteroatoms. The van der Waals surface area contributed by atoms with Crippen LogP contribution in [0.5, 0.6) is 0 Å². The van der Waals surface area contributed by atoms with Crippen molar-refractivity contribution in [1.82, 2.24) is 19.9 Å². The predicted molar refractivity (Wildman–Crippen MR) is 123 cm³/mol. The normalized spacial score (nSPS) is 13.7. The van der Waals surface area contributed by atoms with E-state index < -0.39 is 0 Å². The minimum atomic E-state index is -0.242. The molecule has 0 aromatic carbocycles. The first-order valence-electron chi connectivity index (χ1n) is 10.7. The maximum Gasteiger partial charge on any atom is 0.0930 e. The Morgan fingerprint density at radius 3 is 1.39 bits per heavy atom. The van der Waals surface area contributed by atoms with Crippen molar-refractivity contribution >= 4 is 0 Å². The smallest absolute Gasteiger partial charge is 0.0930 e. The van der Waals surface area contributed by atoms with E-state index in [1.807, 2.05) is 24.5 Å². The fraction of sp³-hybridized carbons (Fsp3) is 0.259. The Morgan fingerprint density at radius 2 is 1.00 bits per heavy atom. The van der Waals surface area contributed by atoms with E-state index in [-0.39, 0.29) is 5.41 Å². The maximum absolute atomic E-state index is 4.76. The van der Waals surface area contributed by atoms with E-state index in [9.17, 15) is 0 Å².